The highest BCUT2D eigenvalue weighted by atomic mass is 32.2. The van der Waals surface area contributed by atoms with E-state index in [1.807, 2.05) is 0 Å². The lowest BCUT2D eigenvalue weighted by atomic mass is 9.93. The molecular formula is C33H29N7O13S3. The van der Waals surface area contributed by atoms with Crippen LogP contribution in [0.5, 0.6) is 17.2 Å². The minimum Gasteiger partial charge on any atom is -0.508 e. The highest BCUT2D eigenvalue weighted by Gasteiger charge is 2.45. The Morgan fingerprint density at radius 2 is 1.64 bits per heavy atom. The predicted octanol–water partition coefficient (Wildman–Crippen LogP) is 1.03. The topological polar surface area (TPSA) is 315 Å². The number of tetrazole rings is 1. The van der Waals surface area contributed by atoms with Gasteiger partial charge in [-0.1, -0.05) is 23.9 Å². The van der Waals surface area contributed by atoms with Crippen molar-refractivity contribution < 1.29 is 58.4 Å². The SMILES string of the molecule is CC(=O)Oc1cc2sc(C(C(N)=O)c3ccc(O)cc3)c(C(N)=O)c(=O)c2cc1OC(C)=O.O=C(O)Cn1nnnc1SCC1=C(C(=O)O)N2C(=O)C[C@@H]2SC1. The van der Waals surface area contributed by atoms with Crippen molar-refractivity contribution in [2.24, 2.45) is 11.5 Å². The first-order chi connectivity index (χ1) is 26.5. The van der Waals surface area contributed by atoms with E-state index in [0.29, 0.717) is 23.3 Å². The number of rotatable bonds is 12. The van der Waals surface area contributed by atoms with Crippen LogP contribution in [0, 0.1) is 0 Å². The summed E-state index contributed by atoms with van der Waals surface area (Å²) in [5, 5.41) is 38.6. The first-order valence-electron chi connectivity index (χ1n) is 15.9. The molecule has 7 N–H and O–H groups in total. The van der Waals surface area contributed by atoms with Crippen LogP contribution in [0.2, 0.25) is 0 Å². The van der Waals surface area contributed by atoms with Crippen LogP contribution in [0.25, 0.3) is 10.1 Å². The molecule has 1 saturated heterocycles. The summed E-state index contributed by atoms with van der Waals surface area (Å²) in [6.07, 6.45) is 0.360. The maximum Gasteiger partial charge on any atom is 0.352 e. The first-order valence-corrected chi connectivity index (χ1v) is 18.7. The molecule has 2 aromatic carbocycles. The van der Waals surface area contributed by atoms with E-state index in [9.17, 15) is 48.6 Å². The number of hydrogen-bond acceptors (Lipinski definition) is 17. The number of ether oxygens (including phenoxy) is 2. The third-order valence-corrected chi connectivity index (χ3v) is 11.3. The molecule has 4 heterocycles. The number of hydrogen-bond donors (Lipinski definition) is 5. The van der Waals surface area contributed by atoms with Crippen LogP contribution in [0.4, 0.5) is 0 Å². The average molecular weight is 828 g/mol. The zero-order valence-electron chi connectivity index (χ0n) is 29.0. The minimum absolute atomic E-state index is 0.0211. The Kier molecular flexibility index (Phi) is 12.4. The second-order valence-corrected chi connectivity index (χ2v) is 14.9. The number of nitrogens with zero attached hydrogens (tertiary/aromatic N) is 5. The van der Waals surface area contributed by atoms with E-state index >= 15 is 0 Å². The van der Waals surface area contributed by atoms with E-state index in [1.54, 1.807) is 0 Å². The van der Waals surface area contributed by atoms with Gasteiger partial charge >= 0.3 is 23.9 Å². The molecule has 23 heteroatoms. The summed E-state index contributed by atoms with van der Waals surface area (Å²) in [7, 11) is 0. The molecular weight excluding hydrogens is 799 g/mol. The number of aromatic hydroxyl groups is 1. The van der Waals surface area contributed by atoms with E-state index in [2.05, 4.69) is 15.5 Å². The van der Waals surface area contributed by atoms with Gasteiger partial charge in [-0.25, -0.2) is 9.48 Å². The summed E-state index contributed by atoms with van der Waals surface area (Å²) in [5.74, 6) is -6.67. The number of fused-ring (bicyclic) bond motifs is 2. The van der Waals surface area contributed by atoms with Gasteiger partial charge in [0.05, 0.1) is 17.7 Å². The van der Waals surface area contributed by atoms with Crippen molar-refractivity contribution in [3.05, 3.63) is 73.9 Å². The number of carbonyl (C=O) groups excluding carboxylic acids is 5. The minimum atomic E-state index is -1.24. The summed E-state index contributed by atoms with van der Waals surface area (Å²) >= 11 is 3.52. The van der Waals surface area contributed by atoms with Crippen LogP contribution >= 0.6 is 34.9 Å². The zero-order chi connectivity index (χ0) is 41.0. The van der Waals surface area contributed by atoms with E-state index < -0.39 is 52.6 Å². The zero-order valence-corrected chi connectivity index (χ0v) is 31.4. The molecule has 6 rings (SSSR count). The quantitative estimate of drug-likeness (QED) is 0.0576. The van der Waals surface area contributed by atoms with Gasteiger partial charge in [-0.2, -0.15) is 0 Å². The molecule has 2 aliphatic rings. The molecule has 2 aliphatic heterocycles. The monoisotopic (exact) mass is 827 g/mol. The van der Waals surface area contributed by atoms with Gasteiger partial charge in [0, 0.05) is 46.4 Å². The van der Waals surface area contributed by atoms with Crippen LogP contribution in [-0.2, 0) is 35.3 Å². The Balaban J connectivity index is 0.000000228. The molecule has 2 atom stereocenters. The molecule has 4 aromatic rings. The molecule has 3 amide bonds. The molecule has 56 heavy (non-hydrogen) atoms. The molecule has 2 aromatic heterocycles. The maximum absolute atomic E-state index is 13.2. The normalized spacial score (nSPS) is 15.1. The van der Waals surface area contributed by atoms with E-state index in [4.69, 9.17) is 26.0 Å². The van der Waals surface area contributed by atoms with E-state index in [-0.39, 0.29) is 66.6 Å². The second kappa shape index (κ2) is 17.0. The third kappa shape index (κ3) is 8.96. The highest BCUT2D eigenvalue weighted by molar-refractivity contribution is 8.00. The van der Waals surface area contributed by atoms with Crippen molar-refractivity contribution in [1.82, 2.24) is 25.1 Å². The van der Waals surface area contributed by atoms with Gasteiger partial charge in [0.15, 0.2) is 11.5 Å². The summed E-state index contributed by atoms with van der Waals surface area (Å²) in [5.41, 5.74) is 10.7. The Morgan fingerprint density at radius 1 is 1.00 bits per heavy atom. The van der Waals surface area contributed by atoms with Crippen molar-refractivity contribution in [3.8, 4) is 17.2 Å². The Labute approximate surface area is 326 Å². The van der Waals surface area contributed by atoms with Crippen LogP contribution in [0.15, 0.2) is 57.6 Å². The predicted molar refractivity (Wildman–Crippen MR) is 197 cm³/mol. The number of aromatic nitrogens is 4. The number of phenolic OH excluding ortho intramolecular Hbond substituents is 1. The summed E-state index contributed by atoms with van der Waals surface area (Å²) in [6, 6.07) is 7.93. The Hall–Kier alpha value is -6.33. The van der Waals surface area contributed by atoms with Crippen LogP contribution in [0.3, 0.4) is 0 Å². The number of benzene rings is 2. The fourth-order valence-electron chi connectivity index (χ4n) is 5.50. The fourth-order valence-corrected chi connectivity index (χ4v) is 9.12. The molecule has 1 fully saturated rings. The van der Waals surface area contributed by atoms with Gasteiger partial charge in [0.1, 0.15) is 23.6 Å². The van der Waals surface area contributed by atoms with Gasteiger partial charge in [0.2, 0.25) is 22.4 Å². The summed E-state index contributed by atoms with van der Waals surface area (Å²) in [4.78, 5) is 96.0. The lowest BCUT2D eigenvalue weighted by Crippen LogP contribution is -2.54. The van der Waals surface area contributed by atoms with Crippen molar-refractivity contribution in [1.29, 1.82) is 0 Å². The van der Waals surface area contributed by atoms with Crippen molar-refractivity contribution in [2.45, 2.75) is 43.3 Å². The molecule has 0 spiro atoms. The molecule has 0 aliphatic carbocycles. The number of phenols is 1. The lowest BCUT2D eigenvalue weighted by molar-refractivity contribution is -0.146. The van der Waals surface area contributed by atoms with Crippen LogP contribution in [0.1, 0.15) is 47.0 Å². The standard InChI is InChI=1S/C22H18N2O8S.C11H11N5O5S2/c1-9(25)31-14-7-13-16(8-15(14)32-10(2)26)33-20(18(19(13)28)22(24)30)17(21(23)29)11-3-5-12(27)6-4-11;17-6-1-7-16(6)9(10(20)21)5(3-22-7)4-23-11-12-13-14-15(11)2-8(18)19/h3-8,17,27H,1-2H3,(H2,23,29)(H2,24,30);7H,1-4H2,(H,18,19)(H,20,21)/t;7-/m.0/s1. The molecule has 20 nitrogen and oxygen atoms in total. The number of primary amides is 2. The number of amides is 3. The number of carboxylic acid groups (broad SMARTS) is 2. The first kappa shape index (κ1) is 40.8. The number of aliphatic carboxylic acids is 2. The molecule has 292 valence electrons. The largest absolute Gasteiger partial charge is 0.508 e. The number of carbonyl (C=O) groups is 7. The molecule has 0 radical (unpaired) electrons. The summed E-state index contributed by atoms with van der Waals surface area (Å²) < 4.78 is 11.5. The highest BCUT2D eigenvalue weighted by Crippen LogP contribution is 2.41. The Morgan fingerprint density at radius 3 is 2.20 bits per heavy atom. The van der Waals surface area contributed by atoms with Gasteiger partial charge in [0.25, 0.3) is 5.91 Å². The number of β-lactam (4-membered cyclic amide) rings is 1. The molecule has 0 saturated carbocycles. The number of esters is 2. The maximum atomic E-state index is 13.2. The number of thioether (sulfide) groups is 2. The van der Waals surface area contributed by atoms with E-state index in [1.165, 1.54) is 47.0 Å². The van der Waals surface area contributed by atoms with Gasteiger partial charge in [-0.05, 0) is 39.8 Å². The smallest absolute Gasteiger partial charge is 0.352 e. The van der Waals surface area contributed by atoms with Gasteiger partial charge in [-0.3, -0.25) is 38.5 Å². The molecule has 0 bridgehead atoms. The number of carboxylic acids is 2. The fraction of sp³-hybridized carbons (Fsp3) is 0.242. The van der Waals surface area contributed by atoms with Gasteiger partial charge in [-0.15, -0.1) is 28.2 Å². The van der Waals surface area contributed by atoms with Crippen molar-refractivity contribution in [2.75, 3.05) is 11.5 Å². The summed E-state index contributed by atoms with van der Waals surface area (Å²) in [6.45, 7) is 1.89. The van der Waals surface area contributed by atoms with E-state index in [0.717, 1.165) is 47.7 Å². The average Bonchev–Trinajstić information content (AvgIpc) is 3.54. The number of nitrogens with two attached hydrogens (primary N) is 2. The van der Waals surface area contributed by atoms with Crippen molar-refractivity contribution in [3.63, 3.8) is 0 Å². The second-order valence-electron chi connectivity index (χ2n) is 11.7. The third-order valence-electron chi connectivity index (χ3n) is 7.80. The van der Waals surface area contributed by atoms with Gasteiger partial charge < -0.3 is 36.3 Å². The van der Waals surface area contributed by atoms with Crippen molar-refractivity contribution >= 4 is 86.5 Å². The van der Waals surface area contributed by atoms with Crippen LogP contribution in [-0.4, -0.2) is 98.9 Å². The Bertz CT molecular complexity index is 2390. The lowest BCUT2D eigenvalue weighted by Gasteiger charge is -2.43. The van der Waals surface area contributed by atoms with Crippen LogP contribution < -0.4 is 26.4 Å². The molecule has 1 unspecified atom stereocenters.